The molecule has 9 heteroatoms. The summed E-state index contributed by atoms with van der Waals surface area (Å²) in [5, 5.41) is 12.6. The molecule has 0 spiro atoms. The summed E-state index contributed by atoms with van der Waals surface area (Å²) in [6.45, 7) is 6.12. The van der Waals surface area contributed by atoms with Crippen molar-refractivity contribution in [2.75, 3.05) is 16.8 Å². The van der Waals surface area contributed by atoms with Crippen LogP contribution < -0.4 is 10.2 Å². The number of benzene rings is 1. The Balaban J connectivity index is 1.45. The third kappa shape index (κ3) is 3.40. The van der Waals surface area contributed by atoms with Crippen LogP contribution in [0.1, 0.15) is 23.2 Å². The highest BCUT2D eigenvalue weighted by molar-refractivity contribution is 7.14. The van der Waals surface area contributed by atoms with Gasteiger partial charge in [-0.15, -0.1) is 11.3 Å². The van der Waals surface area contributed by atoms with Crippen LogP contribution in [-0.4, -0.2) is 33.7 Å². The first-order valence-corrected chi connectivity index (χ1v) is 9.74. The Labute approximate surface area is 165 Å². The monoisotopic (exact) mass is 397 g/mol. The SMILES string of the molecule is Cc1ccc(N2C[C@@H](C(=O)Nc3nc(-c4nonc4C)cs3)CC2=O)c(C)c1. The lowest BCUT2D eigenvalue weighted by Gasteiger charge is -2.19. The molecule has 144 valence electrons. The molecule has 1 aromatic carbocycles. The lowest BCUT2D eigenvalue weighted by atomic mass is 10.1. The molecule has 1 atom stereocenters. The average molecular weight is 397 g/mol. The number of anilines is 2. The summed E-state index contributed by atoms with van der Waals surface area (Å²) < 4.78 is 4.69. The molecule has 1 aliphatic heterocycles. The maximum absolute atomic E-state index is 12.7. The molecule has 3 aromatic rings. The average Bonchev–Trinajstić information content (AvgIpc) is 3.35. The number of aryl methyl sites for hydroxylation is 3. The maximum Gasteiger partial charge on any atom is 0.231 e. The molecule has 0 bridgehead atoms. The van der Waals surface area contributed by atoms with Gasteiger partial charge in [-0.2, -0.15) is 0 Å². The van der Waals surface area contributed by atoms with Crippen molar-refractivity contribution in [3.63, 3.8) is 0 Å². The standard InChI is InChI=1S/C19H19N5O3S/c1-10-4-5-15(11(2)6-10)24-8-13(7-16(24)25)18(26)21-19-20-14(9-28-19)17-12(3)22-27-23-17/h4-6,9,13H,7-8H2,1-3H3,(H,20,21,26)/t13-/m0/s1. The van der Waals surface area contributed by atoms with E-state index in [9.17, 15) is 9.59 Å². The van der Waals surface area contributed by atoms with Gasteiger partial charge in [0.1, 0.15) is 11.4 Å². The van der Waals surface area contributed by atoms with Crippen molar-refractivity contribution in [3.8, 4) is 11.4 Å². The number of hydrogen-bond donors (Lipinski definition) is 1. The van der Waals surface area contributed by atoms with E-state index in [1.54, 1.807) is 17.2 Å². The molecule has 0 aliphatic carbocycles. The van der Waals surface area contributed by atoms with Crippen molar-refractivity contribution in [3.05, 3.63) is 40.4 Å². The van der Waals surface area contributed by atoms with Gasteiger partial charge in [0.25, 0.3) is 0 Å². The molecule has 0 saturated carbocycles. The maximum atomic E-state index is 12.7. The van der Waals surface area contributed by atoms with E-state index in [0.717, 1.165) is 16.8 Å². The Kier molecular flexibility index (Phi) is 4.68. The minimum Gasteiger partial charge on any atom is -0.311 e. The van der Waals surface area contributed by atoms with Crippen molar-refractivity contribution in [2.24, 2.45) is 5.92 Å². The quantitative estimate of drug-likeness (QED) is 0.726. The summed E-state index contributed by atoms with van der Waals surface area (Å²) in [6, 6.07) is 5.94. The molecule has 4 rings (SSSR count). The number of nitrogens with zero attached hydrogens (tertiary/aromatic N) is 4. The molecule has 8 nitrogen and oxygen atoms in total. The van der Waals surface area contributed by atoms with Crippen LogP contribution in [0.15, 0.2) is 28.2 Å². The van der Waals surface area contributed by atoms with Gasteiger partial charge in [0, 0.05) is 24.0 Å². The number of carbonyl (C=O) groups is 2. The highest BCUT2D eigenvalue weighted by Crippen LogP contribution is 2.30. The van der Waals surface area contributed by atoms with Crippen molar-refractivity contribution in [1.82, 2.24) is 15.3 Å². The lowest BCUT2D eigenvalue weighted by molar-refractivity contribution is -0.122. The zero-order chi connectivity index (χ0) is 19.8. The smallest absolute Gasteiger partial charge is 0.231 e. The summed E-state index contributed by atoms with van der Waals surface area (Å²) >= 11 is 1.29. The Hall–Kier alpha value is -3.07. The fraction of sp³-hybridized carbons (Fsp3) is 0.316. The van der Waals surface area contributed by atoms with Crippen LogP contribution in [0, 0.1) is 26.7 Å². The van der Waals surface area contributed by atoms with Gasteiger partial charge in [0.2, 0.25) is 11.8 Å². The van der Waals surface area contributed by atoms with Gasteiger partial charge in [-0.25, -0.2) is 9.61 Å². The number of carbonyl (C=O) groups excluding carboxylic acids is 2. The van der Waals surface area contributed by atoms with Gasteiger partial charge in [0.05, 0.1) is 5.92 Å². The first-order chi connectivity index (χ1) is 13.4. The van der Waals surface area contributed by atoms with Crippen LogP contribution in [0.4, 0.5) is 10.8 Å². The summed E-state index contributed by atoms with van der Waals surface area (Å²) in [5.41, 5.74) is 4.80. The number of amides is 2. The first kappa shape index (κ1) is 18.3. The molecule has 0 radical (unpaired) electrons. The molecule has 1 N–H and O–H groups in total. The van der Waals surface area contributed by atoms with E-state index < -0.39 is 5.92 Å². The summed E-state index contributed by atoms with van der Waals surface area (Å²) in [4.78, 5) is 31.2. The Morgan fingerprint density at radius 2 is 2.11 bits per heavy atom. The third-order valence-electron chi connectivity index (χ3n) is 4.77. The Morgan fingerprint density at radius 3 is 2.82 bits per heavy atom. The van der Waals surface area contributed by atoms with Crippen molar-refractivity contribution >= 4 is 34.0 Å². The van der Waals surface area contributed by atoms with Crippen molar-refractivity contribution < 1.29 is 14.2 Å². The van der Waals surface area contributed by atoms with Crippen LogP contribution in [0.2, 0.25) is 0 Å². The molecule has 0 unspecified atom stereocenters. The predicted molar refractivity (Wildman–Crippen MR) is 105 cm³/mol. The van der Waals surface area contributed by atoms with Gasteiger partial charge in [-0.05, 0) is 37.6 Å². The summed E-state index contributed by atoms with van der Waals surface area (Å²) in [7, 11) is 0. The molecule has 1 saturated heterocycles. The molecule has 2 aromatic heterocycles. The van der Waals surface area contributed by atoms with E-state index in [2.05, 4.69) is 25.2 Å². The normalized spacial score (nSPS) is 16.6. The van der Waals surface area contributed by atoms with Gasteiger partial charge >= 0.3 is 0 Å². The van der Waals surface area contributed by atoms with Crippen molar-refractivity contribution in [2.45, 2.75) is 27.2 Å². The number of rotatable bonds is 4. The minimum absolute atomic E-state index is 0.0452. The van der Waals surface area contributed by atoms with Crippen LogP contribution in [0.3, 0.4) is 0 Å². The second-order valence-electron chi connectivity index (χ2n) is 6.92. The Morgan fingerprint density at radius 1 is 1.29 bits per heavy atom. The van der Waals surface area contributed by atoms with E-state index in [1.165, 1.54) is 11.3 Å². The van der Waals surface area contributed by atoms with Crippen LogP contribution >= 0.6 is 11.3 Å². The molecule has 28 heavy (non-hydrogen) atoms. The van der Waals surface area contributed by atoms with E-state index in [4.69, 9.17) is 0 Å². The third-order valence-corrected chi connectivity index (χ3v) is 5.53. The second kappa shape index (κ2) is 7.16. The van der Waals surface area contributed by atoms with Gasteiger partial charge in [-0.1, -0.05) is 22.9 Å². The van der Waals surface area contributed by atoms with E-state index >= 15 is 0 Å². The molecule has 3 heterocycles. The minimum atomic E-state index is -0.420. The lowest BCUT2D eigenvalue weighted by Crippen LogP contribution is -2.28. The fourth-order valence-corrected chi connectivity index (χ4v) is 4.03. The van der Waals surface area contributed by atoms with Gasteiger partial charge < -0.3 is 10.2 Å². The van der Waals surface area contributed by atoms with Crippen LogP contribution in [0.5, 0.6) is 0 Å². The zero-order valence-electron chi connectivity index (χ0n) is 15.7. The molecule has 1 fully saturated rings. The van der Waals surface area contributed by atoms with E-state index in [1.807, 2.05) is 32.0 Å². The van der Waals surface area contributed by atoms with Gasteiger partial charge in [-0.3, -0.25) is 9.59 Å². The van der Waals surface area contributed by atoms with E-state index in [0.29, 0.717) is 28.8 Å². The number of aromatic nitrogens is 3. The number of thiazole rings is 1. The highest BCUT2D eigenvalue weighted by atomic mass is 32.1. The van der Waals surface area contributed by atoms with Crippen LogP contribution in [-0.2, 0) is 9.59 Å². The summed E-state index contributed by atoms with van der Waals surface area (Å²) in [5.74, 6) is -0.677. The van der Waals surface area contributed by atoms with E-state index in [-0.39, 0.29) is 18.2 Å². The predicted octanol–water partition coefficient (Wildman–Crippen LogP) is 3.11. The van der Waals surface area contributed by atoms with Crippen LogP contribution in [0.25, 0.3) is 11.4 Å². The fourth-order valence-electron chi connectivity index (χ4n) is 3.34. The zero-order valence-corrected chi connectivity index (χ0v) is 16.5. The first-order valence-electron chi connectivity index (χ1n) is 8.86. The topological polar surface area (TPSA) is 101 Å². The number of hydrogen-bond acceptors (Lipinski definition) is 7. The second-order valence-corrected chi connectivity index (χ2v) is 7.78. The molecular weight excluding hydrogens is 378 g/mol. The largest absolute Gasteiger partial charge is 0.311 e. The highest BCUT2D eigenvalue weighted by Gasteiger charge is 2.36. The molecule has 2 amide bonds. The number of nitrogens with one attached hydrogen (secondary N) is 1. The van der Waals surface area contributed by atoms with Gasteiger partial charge in [0.15, 0.2) is 10.8 Å². The summed E-state index contributed by atoms with van der Waals surface area (Å²) in [6.07, 6.45) is 0.184. The molecular formula is C19H19N5O3S. The molecule has 1 aliphatic rings. The Bertz CT molecular complexity index is 1060. The van der Waals surface area contributed by atoms with Crippen molar-refractivity contribution in [1.29, 1.82) is 0 Å².